The molecule has 2 aromatic rings. The monoisotopic (exact) mass is 306 g/mol. The SMILES string of the molecule is C=C(Cc1ccc(C)cc1)c1ccc(CCCCCCC)cc1. The van der Waals surface area contributed by atoms with Crippen LogP contribution in [0, 0.1) is 6.92 Å². The zero-order chi connectivity index (χ0) is 16.5. The fourth-order valence-corrected chi connectivity index (χ4v) is 2.89. The van der Waals surface area contributed by atoms with Gasteiger partial charge in [0.2, 0.25) is 0 Å². The second kappa shape index (κ2) is 9.35. The number of allylic oxidation sites excluding steroid dienone is 1. The molecule has 0 aromatic heterocycles. The van der Waals surface area contributed by atoms with E-state index in [-0.39, 0.29) is 0 Å². The molecule has 0 atom stereocenters. The van der Waals surface area contributed by atoms with Crippen molar-refractivity contribution in [2.75, 3.05) is 0 Å². The lowest BCUT2D eigenvalue weighted by Crippen LogP contribution is -1.91. The van der Waals surface area contributed by atoms with E-state index in [2.05, 4.69) is 69.0 Å². The number of aryl methyl sites for hydroxylation is 2. The summed E-state index contributed by atoms with van der Waals surface area (Å²) in [6.45, 7) is 8.66. The smallest absolute Gasteiger partial charge is 0.00257 e. The van der Waals surface area contributed by atoms with Crippen LogP contribution in [-0.4, -0.2) is 0 Å². The Morgan fingerprint density at radius 3 is 2.04 bits per heavy atom. The van der Waals surface area contributed by atoms with Gasteiger partial charge >= 0.3 is 0 Å². The number of benzene rings is 2. The minimum absolute atomic E-state index is 0.927. The Morgan fingerprint density at radius 2 is 1.39 bits per heavy atom. The van der Waals surface area contributed by atoms with Crippen LogP contribution in [0.3, 0.4) is 0 Å². The lowest BCUT2D eigenvalue weighted by atomic mass is 9.97. The van der Waals surface area contributed by atoms with Crippen LogP contribution in [-0.2, 0) is 12.8 Å². The molecule has 2 rings (SSSR count). The van der Waals surface area contributed by atoms with Gasteiger partial charge in [0.05, 0.1) is 0 Å². The molecule has 0 unspecified atom stereocenters. The fourth-order valence-electron chi connectivity index (χ4n) is 2.89. The van der Waals surface area contributed by atoms with Crippen molar-refractivity contribution in [3.63, 3.8) is 0 Å². The first-order valence-electron chi connectivity index (χ1n) is 9.01. The van der Waals surface area contributed by atoms with E-state index < -0.39 is 0 Å². The third-order valence-corrected chi connectivity index (χ3v) is 4.47. The minimum Gasteiger partial charge on any atom is -0.0949 e. The van der Waals surface area contributed by atoms with Crippen molar-refractivity contribution >= 4 is 5.57 Å². The Labute approximate surface area is 142 Å². The molecule has 0 spiro atoms. The first kappa shape index (κ1) is 17.5. The summed E-state index contributed by atoms with van der Waals surface area (Å²) in [6, 6.07) is 17.8. The summed E-state index contributed by atoms with van der Waals surface area (Å²) in [5.74, 6) is 0. The summed E-state index contributed by atoms with van der Waals surface area (Å²) in [4.78, 5) is 0. The van der Waals surface area contributed by atoms with Crippen molar-refractivity contribution in [3.05, 3.63) is 77.4 Å². The van der Waals surface area contributed by atoms with Crippen molar-refractivity contribution in [2.45, 2.75) is 58.8 Å². The highest BCUT2D eigenvalue weighted by molar-refractivity contribution is 5.65. The number of hydrogen-bond donors (Lipinski definition) is 0. The van der Waals surface area contributed by atoms with Gasteiger partial charge in [-0.3, -0.25) is 0 Å². The number of rotatable bonds is 9. The topological polar surface area (TPSA) is 0 Å². The molecule has 0 nitrogen and oxygen atoms in total. The van der Waals surface area contributed by atoms with Gasteiger partial charge in [-0.2, -0.15) is 0 Å². The standard InChI is InChI=1S/C23H30/c1-4-5-6-7-8-9-21-14-16-23(17-15-21)20(3)18-22-12-10-19(2)11-13-22/h10-17H,3-9,18H2,1-2H3. The van der Waals surface area contributed by atoms with Crippen molar-refractivity contribution < 1.29 is 0 Å². The molecule has 0 radical (unpaired) electrons. The molecule has 0 heteroatoms. The van der Waals surface area contributed by atoms with Crippen LogP contribution in [0.25, 0.3) is 5.57 Å². The van der Waals surface area contributed by atoms with E-state index in [1.807, 2.05) is 0 Å². The molecule has 23 heavy (non-hydrogen) atoms. The lowest BCUT2D eigenvalue weighted by molar-refractivity contribution is 0.632. The second-order valence-corrected chi connectivity index (χ2v) is 6.63. The van der Waals surface area contributed by atoms with Crippen LogP contribution < -0.4 is 0 Å². The highest BCUT2D eigenvalue weighted by Crippen LogP contribution is 2.19. The van der Waals surface area contributed by atoms with E-state index in [1.54, 1.807) is 0 Å². The van der Waals surface area contributed by atoms with Gasteiger partial charge in [-0.05, 0) is 48.4 Å². The zero-order valence-electron chi connectivity index (χ0n) is 14.8. The Balaban J connectivity index is 1.83. The summed E-state index contributed by atoms with van der Waals surface area (Å²) < 4.78 is 0. The molecule has 0 fully saturated rings. The van der Waals surface area contributed by atoms with Crippen LogP contribution in [0.4, 0.5) is 0 Å². The fraction of sp³-hybridized carbons (Fsp3) is 0.391. The van der Waals surface area contributed by atoms with Crippen molar-refractivity contribution in [2.24, 2.45) is 0 Å². The van der Waals surface area contributed by atoms with Crippen LogP contribution >= 0.6 is 0 Å². The van der Waals surface area contributed by atoms with Crippen LogP contribution in [0.15, 0.2) is 55.1 Å². The van der Waals surface area contributed by atoms with Crippen LogP contribution in [0.1, 0.15) is 61.3 Å². The molecular weight excluding hydrogens is 276 g/mol. The van der Waals surface area contributed by atoms with Crippen molar-refractivity contribution in [3.8, 4) is 0 Å². The molecule has 0 saturated carbocycles. The summed E-state index contributed by atoms with van der Waals surface area (Å²) in [6.07, 6.45) is 8.86. The summed E-state index contributed by atoms with van der Waals surface area (Å²) in [7, 11) is 0. The molecule has 2 aromatic carbocycles. The highest BCUT2D eigenvalue weighted by atomic mass is 14.1. The van der Waals surface area contributed by atoms with Crippen molar-refractivity contribution in [1.82, 2.24) is 0 Å². The number of hydrogen-bond acceptors (Lipinski definition) is 0. The van der Waals surface area contributed by atoms with E-state index in [0.717, 1.165) is 6.42 Å². The maximum Gasteiger partial charge on any atom is -0.00257 e. The van der Waals surface area contributed by atoms with Gasteiger partial charge in [0.15, 0.2) is 0 Å². The molecule has 0 aliphatic carbocycles. The second-order valence-electron chi connectivity index (χ2n) is 6.63. The molecule has 0 saturated heterocycles. The minimum atomic E-state index is 0.927. The highest BCUT2D eigenvalue weighted by Gasteiger charge is 2.02. The Morgan fingerprint density at radius 1 is 0.783 bits per heavy atom. The van der Waals surface area contributed by atoms with E-state index in [9.17, 15) is 0 Å². The Kier molecular flexibility index (Phi) is 7.13. The quantitative estimate of drug-likeness (QED) is 0.449. The predicted octanol–water partition coefficient (Wildman–Crippen LogP) is 6.76. The normalized spacial score (nSPS) is 10.7. The first-order chi connectivity index (χ1) is 11.2. The van der Waals surface area contributed by atoms with Gasteiger partial charge in [-0.15, -0.1) is 0 Å². The Hall–Kier alpha value is -1.82. The first-order valence-corrected chi connectivity index (χ1v) is 9.01. The van der Waals surface area contributed by atoms with Crippen LogP contribution in [0.5, 0.6) is 0 Å². The van der Waals surface area contributed by atoms with E-state index in [4.69, 9.17) is 0 Å². The summed E-state index contributed by atoms with van der Waals surface area (Å²) in [5.41, 5.74) is 6.56. The van der Waals surface area contributed by atoms with Gasteiger partial charge in [0, 0.05) is 0 Å². The lowest BCUT2D eigenvalue weighted by Gasteiger charge is -2.08. The molecule has 122 valence electrons. The van der Waals surface area contributed by atoms with Gasteiger partial charge in [0.25, 0.3) is 0 Å². The van der Waals surface area contributed by atoms with E-state index in [1.165, 1.54) is 66.4 Å². The summed E-state index contributed by atoms with van der Waals surface area (Å²) >= 11 is 0. The summed E-state index contributed by atoms with van der Waals surface area (Å²) in [5, 5.41) is 0. The number of unbranched alkanes of at least 4 members (excludes halogenated alkanes) is 4. The molecule has 0 aliphatic rings. The molecule has 0 bridgehead atoms. The molecule has 0 heterocycles. The zero-order valence-corrected chi connectivity index (χ0v) is 14.8. The van der Waals surface area contributed by atoms with Gasteiger partial charge in [0.1, 0.15) is 0 Å². The van der Waals surface area contributed by atoms with Crippen molar-refractivity contribution in [1.29, 1.82) is 0 Å². The predicted molar refractivity (Wildman–Crippen MR) is 103 cm³/mol. The Bertz CT molecular complexity index is 587. The van der Waals surface area contributed by atoms with Crippen LogP contribution in [0.2, 0.25) is 0 Å². The molecular formula is C23H30. The van der Waals surface area contributed by atoms with E-state index >= 15 is 0 Å². The average molecular weight is 306 g/mol. The molecule has 0 aliphatic heterocycles. The van der Waals surface area contributed by atoms with Gasteiger partial charge in [-0.25, -0.2) is 0 Å². The molecule has 0 N–H and O–H groups in total. The maximum atomic E-state index is 4.27. The average Bonchev–Trinajstić information content (AvgIpc) is 2.57. The molecule has 0 amide bonds. The van der Waals surface area contributed by atoms with Gasteiger partial charge < -0.3 is 0 Å². The van der Waals surface area contributed by atoms with E-state index in [0.29, 0.717) is 0 Å². The maximum absolute atomic E-state index is 4.27. The van der Waals surface area contributed by atoms with Gasteiger partial charge in [-0.1, -0.05) is 93.3 Å². The third kappa shape index (κ3) is 6.06. The largest absolute Gasteiger partial charge is 0.0949 e. The third-order valence-electron chi connectivity index (χ3n) is 4.47.